The SMILES string of the molecule is CCOC(=O)C1CCN(C(=O)CN2CCN(Cc3ccc(C(C)C)cc3)CC2)CC1. The van der Waals surface area contributed by atoms with E-state index in [-0.39, 0.29) is 17.8 Å². The lowest BCUT2D eigenvalue weighted by Gasteiger charge is -2.36. The van der Waals surface area contributed by atoms with Crippen LogP contribution < -0.4 is 0 Å². The Bertz CT molecular complexity index is 688. The second kappa shape index (κ2) is 10.9. The van der Waals surface area contributed by atoms with Crippen LogP contribution >= 0.6 is 0 Å². The summed E-state index contributed by atoms with van der Waals surface area (Å²) in [4.78, 5) is 31.2. The maximum absolute atomic E-state index is 12.7. The molecule has 0 spiro atoms. The minimum Gasteiger partial charge on any atom is -0.466 e. The Balaban J connectivity index is 1.37. The average molecular weight is 416 g/mol. The summed E-state index contributed by atoms with van der Waals surface area (Å²) in [6.07, 6.45) is 1.43. The van der Waals surface area contributed by atoms with Crippen LogP contribution in [0.25, 0.3) is 0 Å². The molecule has 1 aromatic carbocycles. The Morgan fingerprint density at radius 3 is 2.13 bits per heavy atom. The second-order valence-corrected chi connectivity index (χ2v) is 8.86. The van der Waals surface area contributed by atoms with Crippen LogP contribution in [0.3, 0.4) is 0 Å². The molecule has 1 aromatic rings. The summed E-state index contributed by atoms with van der Waals surface area (Å²) in [7, 11) is 0. The van der Waals surface area contributed by atoms with Crippen molar-refractivity contribution in [3.8, 4) is 0 Å². The highest BCUT2D eigenvalue weighted by atomic mass is 16.5. The number of hydrogen-bond acceptors (Lipinski definition) is 5. The van der Waals surface area contributed by atoms with Crippen molar-refractivity contribution in [3.63, 3.8) is 0 Å². The van der Waals surface area contributed by atoms with E-state index in [2.05, 4.69) is 47.9 Å². The van der Waals surface area contributed by atoms with Crippen LogP contribution in [0, 0.1) is 5.92 Å². The lowest BCUT2D eigenvalue weighted by molar-refractivity contribution is -0.151. The van der Waals surface area contributed by atoms with Gasteiger partial charge in [0.05, 0.1) is 19.1 Å². The molecule has 30 heavy (non-hydrogen) atoms. The monoisotopic (exact) mass is 415 g/mol. The third-order valence-electron chi connectivity index (χ3n) is 6.34. The molecule has 0 atom stereocenters. The predicted octanol–water partition coefficient (Wildman–Crippen LogP) is 2.73. The Morgan fingerprint density at radius 2 is 1.57 bits per heavy atom. The van der Waals surface area contributed by atoms with E-state index < -0.39 is 0 Å². The van der Waals surface area contributed by atoms with Gasteiger partial charge in [-0.05, 0) is 36.8 Å². The highest BCUT2D eigenvalue weighted by molar-refractivity contribution is 5.79. The van der Waals surface area contributed by atoms with Crippen LogP contribution in [0.4, 0.5) is 0 Å². The highest BCUT2D eigenvalue weighted by Gasteiger charge is 2.29. The van der Waals surface area contributed by atoms with Gasteiger partial charge in [0.25, 0.3) is 0 Å². The standard InChI is InChI=1S/C24H37N3O3/c1-4-30-24(29)22-9-11-27(12-10-22)23(28)18-26-15-13-25(14-16-26)17-20-5-7-21(8-6-20)19(2)3/h5-8,19,22H,4,9-18H2,1-3H3. The van der Waals surface area contributed by atoms with Crippen molar-refractivity contribution >= 4 is 11.9 Å². The zero-order valence-electron chi connectivity index (χ0n) is 18.8. The summed E-state index contributed by atoms with van der Waals surface area (Å²) in [6.45, 7) is 13.3. The van der Waals surface area contributed by atoms with Gasteiger partial charge in [-0.1, -0.05) is 38.1 Å². The zero-order chi connectivity index (χ0) is 21.5. The third kappa shape index (κ3) is 6.29. The molecule has 6 nitrogen and oxygen atoms in total. The van der Waals surface area contributed by atoms with E-state index >= 15 is 0 Å². The molecule has 0 bridgehead atoms. The van der Waals surface area contributed by atoms with Gasteiger partial charge in [0, 0.05) is 45.8 Å². The van der Waals surface area contributed by atoms with Gasteiger partial charge >= 0.3 is 5.97 Å². The first kappa shape index (κ1) is 22.8. The van der Waals surface area contributed by atoms with Gasteiger partial charge in [-0.3, -0.25) is 19.4 Å². The number of ether oxygens (including phenoxy) is 1. The predicted molar refractivity (Wildman–Crippen MR) is 118 cm³/mol. The molecule has 166 valence electrons. The van der Waals surface area contributed by atoms with Crippen molar-refractivity contribution in [1.82, 2.24) is 14.7 Å². The molecule has 2 saturated heterocycles. The summed E-state index contributed by atoms with van der Waals surface area (Å²) in [5, 5.41) is 0. The number of hydrogen-bond donors (Lipinski definition) is 0. The zero-order valence-corrected chi connectivity index (χ0v) is 18.8. The number of carbonyl (C=O) groups excluding carboxylic acids is 2. The lowest BCUT2D eigenvalue weighted by Crippen LogP contribution is -2.51. The Morgan fingerprint density at radius 1 is 0.967 bits per heavy atom. The summed E-state index contributed by atoms with van der Waals surface area (Å²) < 4.78 is 5.11. The molecule has 6 heteroatoms. The van der Waals surface area contributed by atoms with E-state index in [4.69, 9.17) is 4.74 Å². The number of piperazine rings is 1. The summed E-state index contributed by atoms with van der Waals surface area (Å²) in [5.74, 6) is 0.595. The minimum atomic E-state index is -0.112. The van der Waals surface area contributed by atoms with Crippen molar-refractivity contribution in [2.24, 2.45) is 5.92 Å². The Labute approximate surface area is 181 Å². The number of piperidine rings is 1. The maximum atomic E-state index is 12.7. The van der Waals surface area contributed by atoms with Crippen LogP contribution in [-0.4, -0.2) is 79.0 Å². The van der Waals surface area contributed by atoms with Crippen LogP contribution in [0.5, 0.6) is 0 Å². The van der Waals surface area contributed by atoms with E-state index in [1.165, 1.54) is 11.1 Å². The van der Waals surface area contributed by atoms with E-state index in [0.29, 0.717) is 45.0 Å². The fourth-order valence-electron chi connectivity index (χ4n) is 4.29. The quantitative estimate of drug-likeness (QED) is 0.641. The molecule has 2 fully saturated rings. The van der Waals surface area contributed by atoms with Crippen LogP contribution in [0.15, 0.2) is 24.3 Å². The van der Waals surface area contributed by atoms with Crippen LogP contribution in [0.1, 0.15) is 50.7 Å². The summed E-state index contributed by atoms with van der Waals surface area (Å²) in [6, 6.07) is 8.95. The molecule has 0 aliphatic carbocycles. The van der Waals surface area contributed by atoms with Crippen molar-refractivity contribution in [2.45, 2.75) is 46.1 Å². The third-order valence-corrected chi connectivity index (χ3v) is 6.34. The van der Waals surface area contributed by atoms with Crippen molar-refractivity contribution in [1.29, 1.82) is 0 Å². The van der Waals surface area contributed by atoms with Gasteiger partial charge in [-0.15, -0.1) is 0 Å². The molecule has 0 unspecified atom stereocenters. The van der Waals surface area contributed by atoms with Gasteiger partial charge < -0.3 is 9.64 Å². The number of amides is 1. The molecule has 0 radical (unpaired) electrons. The molecule has 2 aliphatic rings. The molecule has 1 amide bonds. The molecule has 0 saturated carbocycles. The number of nitrogens with zero attached hydrogens (tertiary/aromatic N) is 3. The Kier molecular flexibility index (Phi) is 8.28. The molecular weight excluding hydrogens is 378 g/mol. The molecule has 0 N–H and O–H groups in total. The molecule has 2 aliphatic heterocycles. The molecule has 2 heterocycles. The van der Waals surface area contributed by atoms with Gasteiger partial charge in [0.15, 0.2) is 0 Å². The Hall–Kier alpha value is -1.92. The summed E-state index contributed by atoms with van der Waals surface area (Å²) >= 11 is 0. The number of benzene rings is 1. The molecule has 3 rings (SSSR count). The van der Waals surface area contributed by atoms with E-state index in [0.717, 1.165) is 32.7 Å². The number of esters is 1. The first-order valence-electron chi connectivity index (χ1n) is 11.4. The van der Waals surface area contributed by atoms with Crippen molar-refractivity contribution < 1.29 is 14.3 Å². The smallest absolute Gasteiger partial charge is 0.309 e. The number of rotatable bonds is 7. The summed E-state index contributed by atoms with van der Waals surface area (Å²) in [5.41, 5.74) is 2.74. The van der Waals surface area contributed by atoms with Gasteiger partial charge in [-0.25, -0.2) is 0 Å². The fourth-order valence-corrected chi connectivity index (χ4v) is 4.29. The van der Waals surface area contributed by atoms with Crippen LogP contribution in [-0.2, 0) is 20.9 Å². The first-order valence-corrected chi connectivity index (χ1v) is 11.4. The number of carbonyl (C=O) groups is 2. The lowest BCUT2D eigenvalue weighted by atomic mass is 9.97. The maximum Gasteiger partial charge on any atom is 0.309 e. The molecule has 0 aromatic heterocycles. The average Bonchev–Trinajstić information content (AvgIpc) is 2.76. The van der Waals surface area contributed by atoms with Gasteiger partial charge in [0.1, 0.15) is 0 Å². The van der Waals surface area contributed by atoms with E-state index in [1.807, 2.05) is 11.8 Å². The minimum absolute atomic E-state index is 0.0489. The normalized spacial score (nSPS) is 19.3. The topological polar surface area (TPSA) is 53.1 Å². The van der Waals surface area contributed by atoms with Crippen molar-refractivity contribution in [3.05, 3.63) is 35.4 Å². The second-order valence-electron chi connectivity index (χ2n) is 8.86. The van der Waals surface area contributed by atoms with Gasteiger partial charge in [0.2, 0.25) is 5.91 Å². The van der Waals surface area contributed by atoms with E-state index in [9.17, 15) is 9.59 Å². The number of likely N-dealkylation sites (tertiary alicyclic amines) is 1. The van der Waals surface area contributed by atoms with Crippen LogP contribution in [0.2, 0.25) is 0 Å². The first-order chi connectivity index (χ1) is 14.5. The van der Waals surface area contributed by atoms with Crippen molar-refractivity contribution in [2.75, 3.05) is 52.4 Å². The largest absolute Gasteiger partial charge is 0.466 e. The molecular formula is C24H37N3O3. The van der Waals surface area contributed by atoms with E-state index in [1.54, 1.807) is 0 Å². The fraction of sp³-hybridized carbons (Fsp3) is 0.667. The van der Waals surface area contributed by atoms with Gasteiger partial charge in [-0.2, -0.15) is 0 Å². The highest BCUT2D eigenvalue weighted by Crippen LogP contribution is 2.19.